The van der Waals surface area contributed by atoms with Crippen LogP contribution in [0, 0.1) is 0 Å². The number of fused-ring (bicyclic) bond motifs is 1. The van der Waals surface area contributed by atoms with Crippen molar-refractivity contribution in [3.63, 3.8) is 0 Å². The van der Waals surface area contributed by atoms with Crippen molar-refractivity contribution in [2.75, 3.05) is 24.2 Å². The molecule has 34 heavy (non-hydrogen) atoms. The smallest absolute Gasteiger partial charge is 0.406 e. The lowest BCUT2D eigenvalue weighted by Crippen LogP contribution is -2.37. The number of carbonyl (C=O) groups is 2. The number of amides is 2. The number of carbonyl (C=O) groups excluding carboxylic acids is 2. The zero-order chi connectivity index (χ0) is 24.1. The van der Waals surface area contributed by atoms with Gasteiger partial charge in [0.05, 0.1) is 5.75 Å². The predicted molar refractivity (Wildman–Crippen MR) is 125 cm³/mol. The molecule has 0 atom stereocenters. The summed E-state index contributed by atoms with van der Waals surface area (Å²) in [6, 6.07) is 12.7. The average Bonchev–Trinajstić information content (AvgIpc) is 3.16. The van der Waals surface area contributed by atoms with Crippen molar-refractivity contribution in [1.29, 1.82) is 0 Å². The molecule has 1 aliphatic rings. The number of benzene rings is 2. The van der Waals surface area contributed by atoms with Crippen LogP contribution in [-0.2, 0) is 16.1 Å². The van der Waals surface area contributed by atoms with Crippen molar-refractivity contribution >= 4 is 40.2 Å². The summed E-state index contributed by atoms with van der Waals surface area (Å²) in [4.78, 5) is 28.0. The van der Waals surface area contributed by atoms with Gasteiger partial charge in [-0.05, 0) is 49.6 Å². The number of alkyl halides is 3. The second-order valence-corrected chi connectivity index (χ2v) is 9.01. The van der Waals surface area contributed by atoms with Crippen LogP contribution >= 0.6 is 11.8 Å². The van der Waals surface area contributed by atoms with E-state index in [0.717, 1.165) is 60.3 Å². The van der Waals surface area contributed by atoms with Gasteiger partial charge >= 0.3 is 6.36 Å². The SMILES string of the molecule is O=C(CSc1cn(CC(=O)N2CCCCC2)c2ccccc12)Nc1ccc(OC(F)(F)F)cc1. The fraction of sp³-hybridized carbons (Fsp3) is 0.333. The van der Waals surface area contributed by atoms with Crippen molar-refractivity contribution < 1.29 is 27.5 Å². The van der Waals surface area contributed by atoms with Gasteiger partial charge in [-0.25, -0.2) is 0 Å². The van der Waals surface area contributed by atoms with E-state index >= 15 is 0 Å². The molecule has 3 aromatic rings. The van der Waals surface area contributed by atoms with Crippen molar-refractivity contribution in [2.45, 2.75) is 37.1 Å². The maximum Gasteiger partial charge on any atom is 0.573 e. The van der Waals surface area contributed by atoms with Crippen LogP contribution in [0.25, 0.3) is 10.9 Å². The highest BCUT2D eigenvalue weighted by atomic mass is 32.2. The highest BCUT2D eigenvalue weighted by molar-refractivity contribution is 8.00. The molecule has 6 nitrogen and oxygen atoms in total. The van der Waals surface area contributed by atoms with Gasteiger partial charge in [0.1, 0.15) is 12.3 Å². The van der Waals surface area contributed by atoms with Gasteiger partial charge < -0.3 is 19.5 Å². The first-order valence-corrected chi connectivity index (χ1v) is 11.9. The molecule has 0 spiro atoms. The number of hydrogen-bond donors (Lipinski definition) is 1. The topological polar surface area (TPSA) is 63.6 Å². The molecule has 4 rings (SSSR count). The monoisotopic (exact) mass is 491 g/mol. The second kappa shape index (κ2) is 10.4. The number of nitrogens with one attached hydrogen (secondary N) is 1. The molecular formula is C24H24F3N3O3S. The number of nitrogens with zero attached hydrogens (tertiary/aromatic N) is 2. The zero-order valence-corrected chi connectivity index (χ0v) is 19.1. The standard InChI is InChI=1S/C24H24F3N3O3S/c25-24(26,27)33-18-10-8-17(9-11-18)28-22(31)16-34-21-14-30(20-7-3-2-6-19(20)21)15-23(32)29-12-4-1-5-13-29/h2-3,6-11,14H,1,4-5,12-13,15-16H2,(H,28,31). The second-order valence-electron chi connectivity index (χ2n) is 7.99. The van der Waals surface area contributed by atoms with Crippen molar-refractivity contribution in [3.05, 3.63) is 54.7 Å². The molecule has 2 amide bonds. The summed E-state index contributed by atoms with van der Waals surface area (Å²) in [6.07, 6.45) is 0.357. The maximum atomic E-state index is 12.8. The van der Waals surface area contributed by atoms with Gasteiger partial charge in [-0.3, -0.25) is 9.59 Å². The molecule has 0 unspecified atom stereocenters. The molecule has 0 radical (unpaired) electrons. The van der Waals surface area contributed by atoms with Gasteiger partial charge in [0, 0.05) is 40.8 Å². The summed E-state index contributed by atoms with van der Waals surface area (Å²) in [5, 5.41) is 3.63. The summed E-state index contributed by atoms with van der Waals surface area (Å²) in [7, 11) is 0. The molecule has 1 aromatic heterocycles. The molecule has 0 saturated carbocycles. The van der Waals surface area contributed by atoms with Gasteiger partial charge in [0.25, 0.3) is 0 Å². The third-order valence-corrected chi connectivity index (χ3v) is 6.54. The Morgan fingerprint density at radius 2 is 1.71 bits per heavy atom. The Labute approximate surface area is 199 Å². The quantitative estimate of drug-likeness (QED) is 0.457. The maximum absolute atomic E-state index is 12.8. The lowest BCUT2D eigenvalue weighted by atomic mass is 10.1. The van der Waals surface area contributed by atoms with E-state index in [1.165, 1.54) is 23.9 Å². The summed E-state index contributed by atoms with van der Waals surface area (Å²) in [5.74, 6) is -0.454. The first kappa shape index (κ1) is 24.0. The first-order valence-electron chi connectivity index (χ1n) is 10.9. The van der Waals surface area contributed by atoms with Crippen LogP contribution in [0.3, 0.4) is 0 Å². The molecule has 180 valence electrons. The van der Waals surface area contributed by atoms with E-state index in [4.69, 9.17) is 0 Å². The number of para-hydroxylation sites is 1. The third-order valence-electron chi connectivity index (χ3n) is 5.50. The number of likely N-dealkylation sites (tertiary alicyclic amines) is 1. The Morgan fingerprint density at radius 3 is 2.41 bits per heavy atom. The Hall–Kier alpha value is -3.14. The van der Waals surface area contributed by atoms with E-state index < -0.39 is 6.36 Å². The highest BCUT2D eigenvalue weighted by Crippen LogP contribution is 2.30. The molecule has 1 fully saturated rings. The Morgan fingerprint density at radius 1 is 1.00 bits per heavy atom. The average molecular weight is 492 g/mol. The number of ether oxygens (including phenoxy) is 1. The highest BCUT2D eigenvalue weighted by Gasteiger charge is 2.31. The van der Waals surface area contributed by atoms with Gasteiger partial charge in [-0.1, -0.05) is 18.2 Å². The number of aromatic nitrogens is 1. The number of hydrogen-bond acceptors (Lipinski definition) is 4. The molecule has 1 N–H and O–H groups in total. The van der Waals surface area contributed by atoms with Gasteiger partial charge in [0.15, 0.2) is 0 Å². The zero-order valence-electron chi connectivity index (χ0n) is 18.3. The molecule has 10 heteroatoms. The number of anilines is 1. The lowest BCUT2D eigenvalue weighted by Gasteiger charge is -2.27. The minimum atomic E-state index is -4.76. The van der Waals surface area contributed by atoms with Gasteiger partial charge in [-0.2, -0.15) is 0 Å². The van der Waals surface area contributed by atoms with Crippen molar-refractivity contribution in [2.24, 2.45) is 0 Å². The van der Waals surface area contributed by atoms with Crippen molar-refractivity contribution in [1.82, 2.24) is 9.47 Å². The van der Waals surface area contributed by atoms with E-state index in [9.17, 15) is 22.8 Å². The molecule has 2 heterocycles. The summed E-state index contributed by atoms with van der Waals surface area (Å²) in [6.45, 7) is 1.84. The van der Waals surface area contributed by atoms with Crippen LogP contribution in [0.4, 0.5) is 18.9 Å². The molecule has 1 saturated heterocycles. The number of piperidine rings is 1. The third kappa shape index (κ3) is 6.25. The van der Waals surface area contributed by atoms with E-state index in [-0.39, 0.29) is 29.9 Å². The molecule has 0 aliphatic carbocycles. The Balaban J connectivity index is 1.38. The minimum absolute atomic E-state index is 0.0905. The van der Waals surface area contributed by atoms with Crippen LogP contribution in [0.2, 0.25) is 0 Å². The normalized spacial score (nSPS) is 14.3. The number of halogens is 3. The van der Waals surface area contributed by atoms with Crippen LogP contribution < -0.4 is 10.1 Å². The molecule has 0 bridgehead atoms. The summed E-state index contributed by atoms with van der Waals surface area (Å²) < 4.78 is 42.6. The van der Waals surface area contributed by atoms with E-state index in [1.54, 1.807) is 0 Å². The van der Waals surface area contributed by atoms with Crippen molar-refractivity contribution in [3.8, 4) is 5.75 Å². The van der Waals surface area contributed by atoms with Gasteiger partial charge in [0.2, 0.25) is 11.8 Å². The van der Waals surface area contributed by atoms with E-state index in [2.05, 4.69) is 10.1 Å². The van der Waals surface area contributed by atoms with Crippen LogP contribution in [0.5, 0.6) is 5.75 Å². The fourth-order valence-electron chi connectivity index (χ4n) is 3.93. The minimum Gasteiger partial charge on any atom is -0.406 e. The predicted octanol–water partition coefficient (Wildman–Crippen LogP) is 5.28. The lowest BCUT2D eigenvalue weighted by molar-refractivity contribution is -0.274. The van der Waals surface area contributed by atoms with Crippen LogP contribution in [-0.4, -0.2) is 46.5 Å². The first-order chi connectivity index (χ1) is 16.3. The van der Waals surface area contributed by atoms with E-state index in [1.807, 2.05) is 39.9 Å². The fourth-order valence-corrected chi connectivity index (χ4v) is 4.82. The summed E-state index contributed by atoms with van der Waals surface area (Å²) in [5.41, 5.74) is 1.30. The Bertz CT molecular complexity index is 1160. The van der Waals surface area contributed by atoms with Crippen LogP contribution in [0.15, 0.2) is 59.6 Å². The molecule has 1 aliphatic heterocycles. The largest absolute Gasteiger partial charge is 0.573 e. The van der Waals surface area contributed by atoms with Gasteiger partial charge in [-0.15, -0.1) is 24.9 Å². The summed E-state index contributed by atoms with van der Waals surface area (Å²) >= 11 is 1.34. The van der Waals surface area contributed by atoms with E-state index in [0.29, 0.717) is 5.69 Å². The number of rotatable bonds is 7. The molecular weight excluding hydrogens is 467 g/mol. The number of thioether (sulfide) groups is 1. The molecule has 2 aromatic carbocycles. The Kier molecular flexibility index (Phi) is 7.35. The van der Waals surface area contributed by atoms with Crippen LogP contribution in [0.1, 0.15) is 19.3 Å².